The SMILES string of the molecule is CCNC(C)CC(C)Cc1cc(CC)nn1CC. The van der Waals surface area contributed by atoms with Gasteiger partial charge in [0.05, 0.1) is 5.69 Å². The Morgan fingerprint density at radius 1 is 1.28 bits per heavy atom. The van der Waals surface area contributed by atoms with Crippen LogP contribution in [0.3, 0.4) is 0 Å². The predicted octanol–water partition coefficient (Wildman–Crippen LogP) is 3.03. The largest absolute Gasteiger partial charge is 0.315 e. The zero-order valence-electron chi connectivity index (χ0n) is 12.7. The minimum absolute atomic E-state index is 0.605. The van der Waals surface area contributed by atoms with Crippen LogP contribution in [-0.2, 0) is 19.4 Å². The Labute approximate surface area is 112 Å². The van der Waals surface area contributed by atoms with Crippen molar-refractivity contribution in [2.75, 3.05) is 6.54 Å². The fourth-order valence-corrected chi connectivity index (χ4v) is 2.60. The van der Waals surface area contributed by atoms with Crippen LogP contribution in [-0.4, -0.2) is 22.4 Å². The third kappa shape index (κ3) is 4.45. The van der Waals surface area contributed by atoms with E-state index < -0.39 is 0 Å². The van der Waals surface area contributed by atoms with Crippen molar-refractivity contribution in [1.29, 1.82) is 0 Å². The van der Waals surface area contributed by atoms with Crippen LogP contribution in [0.1, 0.15) is 52.4 Å². The first-order chi connectivity index (χ1) is 8.60. The Morgan fingerprint density at radius 2 is 2.00 bits per heavy atom. The molecule has 0 aliphatic heterocycles. The van der Waals surface area contributed by atoms with Crippen molar-refractivity contribution in [3.05, 3.63) is 17.5 Å². The van der Waals surface area contributed by atoms with Gasteiger partial charge in [0.15, 0.2) is 0 Å². The molecule has 0 aliphatic carbocycles. The third-order valence-corrected chi connectivity index (χ3v) is 3.44. The molecule has 1 aromatic heterocycles. The minimum atomic E-state index is 0.605. The second-order valence-corrected chi connectivity index (χ2v) is 5.30. The molecule has 0 spiro atoms. The highest BCUT2D eigenvalue weighted by molar-refractivity contribution is 5.11. The Balaban J connectivity index is 2.57. The lowest BCUT2D eigenvalue weighted by Gasteiger charge is -2.18. The number of hydrogen-bond donors (Lipinski definition) is 1. The van der Waals surface area contributed by atoms with Crippen LogP contribution in [0, 0.1) is 5.92 Å². The summed E-state index contributed by atoms with van der Waals surface area (Å²) in [5.74, 6) is 0.700. The van der Waals surface area contributed by atoms with Gasteiger partial charge >= 0.3 is 0 Å². The lowest BCUT2D eigenvalue weighted by Crippen LogP contribution is -2.28. The van der Waals surface area contributed by atoms with E-state index in [2.05, 4.69) is 55.8 Å². The quantitative estimate of drug-likeness (QED) is 0.769. The lowest BCUT2D eigenvalue weighted by atomic mass is 9.97. The van der Waals surface area contributed by atoms with E-state index in [0.29, 0.717) is 12.0 Å². The number of rotatable bonds is 8. The minimum Gasteiger partial charge on any atom is -0.315 e. The zero-order chi connectivity index (χ0) is 13.5. The summed E-state index contributed by atoms with van der Waals surface area (Å²) >= 11 is 0. The van der Waals surface area contributed by atoms with E-state index in [9.17, 15) is 0 Å². The Hall–Kier alpha value is -0.830. The average Bonchev–Trinajstić information content (AvgIpc) is 2.71. The van der Waals surface area contributed by atoms with E-state index in [4.69, 9.17) is 0 Å². The van der Waals surface area contributed by atoms with Gasteiger partial charge < -0.3 is 5.32 Å². The van der Waals surface area contributed by atoms with Crippen LogP contribution >= 0.6 is 0 Å². The monoisotopic (exact) mass is 251 g/mol. The molecule has 1 heterocycles. The average molecular weight is 251 g/mol. The van der Waals surface area contributed by atoms with Crippen LogP contribution in [0.15, 0.2) is 6.07 Å². The number of nitrogens with zero attached hydrogens (tertiary/aromatic N) is 2. The summed E-state index contributed by atoms with van der Waals surface area (Å²) in [7, 11) is 0. The first kappa shape index (κ1) is 15.2. The highest BCUT2D eigenvalue weighted by atomic mass is 15.3. The van der Waals surface area contributed by atoms with Crippen molar-refractivity contribution in [2.24, 2.45) is 5.92 Å². The molecule has 1 aromatic rings. The van der Waals surface area contributed by atoms with Crippen molar-refractivity contribution >= 4 is 0 Å². The summed E-state index contributed by atoms with van der Waals surface area (Å²) in [6.07, 6.45) is 3.39. The van der Waals surface area contributed by atoms with Gasteiger partial charge in [0.25, 0.3) is 0 Å². The Kier molecular flexibility index (Phi) is 6.41. The van der Waals surface area contributed by atoms with Gasteiger partial charge in [-0.1, -0.05) is 20.8 Å². The number of aryl methyl sites for hydroxylation is 2. The van der Waals surface area contributed by atoms with Gasteiger partial charge in [0, 0.05) is 18.3 Å². The molecule has 0 saturated carbocycles. The Bertz CT molecular complexity index is 344. The van der Waals surface area contributed by atoms with Crippen LogP contribution in [0.4, 0.5) is 0 Å². The van der Waals surface area contributed by atoms with Crippen LogP contribution in [0.2, 0.25) is 0 Å². The molecular formula is C15H29N3. The third-order valence-electron chi connectivity index (χ3n) is 3.44. The van der Waals surface area contributed by atoms with Crippen molar-refractivity contribution in [1.82, 2.24) is 15.1 Å². The molecule has 0 amide bonds. The molecule has 0 aliphatic rings. The molecule has 0 fully saturated rings. The molecule has 2 unspecified atom stereocenters. The maximum atomic E-state index is 4.62. The van der Waals surface area contributed by atoms with Crippen molar-refractivity contribution in [2.45, 2.75) is 66.5 Å². The van der Waals surface area contributed by atoms with E-state index in [1.807, 2.05) is 0 Å². The molecule has 0 saturated heterocycles. The number of nitrogens with one attached hydrogen (secondary N) is 1. The van der Waals surface area contributed by atoms with Crippen LogP contribution in [0.5, 0.6) is 0 Å². The molecule has 0 bridgehead atoms. The van der Waals surface area contributed by atoms with Crippen molar-refractivity contribution < 1.29 is 0 Å². The molecule has 1 N–H and O–H groups in total. The zero-order valence-corrected chi connectivity index (χ0v) is 12.7. The van der Waals surface area contributed by atoms with E-state index in [-0.39, 0.29) is 0 Å². The highest BCUT2D eigenvalue weighted by Gasteiger charge is 2.12. The summed E-state index contributed by atoms with van der Waals surface area (Å²) in [5.41, 5.74) is 2.62. The lowest BCUT2D eigenvalue weighted by molar-refractivity contribution is 0.416. The van der Waals surface area contributed by atoms with Gasteiger partial charge in [-0.2, -0.15) is 5.10 Å². The number of hydrogen-bond acceptors (Lipinski definition) is 2. The van der Waals surface area contributed by atoms with Gasteiger partial charge in [0.1, 0.15) is 0 Å². The molecule has 0 aromatic carbocycles. The van der Waals surface area contributed by atoms with Gasteiger partial charge in [-0.25, -0.2) is 0 Å². The van der Waals surface area contributed by atoms with Gasteiger partial charge in [-0.3, -0.25) is 4.68 Å². The van der Waals surface area contributed by atoms with Crippen molar-refractivity contribution in [3.8, 4) is 0 Å². The summed E-state index contributed by atoms with van der Waals surface area (Å²) in [4.78, 5) is 0. The second-order valence-electron chi connectivity index (χ2n) is 5.30. The molecular weight excluding hydrogens is 222 g/mol. The van der Waals surface area contributed by atoms with Gasteiger partial charge in [0.2, 0.25) is 0 Å². The van der Waals surface area contributed by atoms with Gasteiger partial charge in [-0.15, -0.1) is 0 Å². The van der Waals surface area contributed by atoms with E-state index in [1.54, 1.807) is 0 Å². The second kappa shape index (κ2) is 7.57. The van der Waals surface area contributed by atoms with Gasteiger partial charge in [-0.05, 0) is 51.6 Å². The fraction of sp³-hybridized carbons (Fsp3) is 0.800. The molecule has 18 heavy (non-hydrogen) atoms. The maximum Gasteiger partial charge on any atom is 0.0624 e. The van der Waals surface area contributed by atoms with E-state index >= 15 is 0 Å². The highest BCUT2D eigenvalue weighted by Crippen LogP contribution is 2.15. The molecule has 1 rings (SSSR count). The molecule has 3 nitrogen and oxygen atoms in total. The van der Waals surface area contributed by atoms with Crippen molar-refractivity contribution in [3.63, 3.8) is 0 Å². The topological polar surface area (TPSA) is 29.9 Å². The summed E-state index contributed by atoms with van der Waals surface area (Å²) in [6, 6.07) is 2.88. The molecule has 104 valence electrons. The Morgan fingerprint density at radius 3 is 2.56 bits per heavy atom. The summed E-state index contributed by atoms with van der Waals surface area (Å²) in [5, 5.41) is 8.10. The molecule has 3 heteroatoms. The molecule has 0 radical (unpaired) electrons. The standard InChI is InChI=1S/C15H29N3/c1-6-14-11-15(18(8-3)17-14)10-12(4)9-13(5)16-7-2/h11-13,16H,6-10H2,1-5H3. The molecule has 2 atom stereocenters. The first-order valence-electron chi connectivity index (χ1n) is 7.39. The summed E-state index contributed by atoms with van der Waals surface area (Å²) in [6.45, 7) is 13.2. The normalized spacial score (nSPS) is 14.7. The number of aromatic nitrogens is 2. The van der Waals surface area contributed by atoms with Crippen LogP contribution in [0.25, 0.3) is 0 Å². The maximum absolute atomic E-state index is 4.62. The first-order valence-corrected chi connectivity index (χ1v) is 7.39. The van der Waals surface area contributed by atoms with Crippen LogP contribution < -0.4 is 5.32 Å². The predicted molar refractivity (Wildman–Crippen MR) is 77.9 cm³/mol. The van der Waals surface area contributed by atoms with E-state index in [1.165, 1.54) is 17.8 Å². The van der Waals surface area contributed by atoms with E-state index in [0.717, 1.165) is 25.9 Å². The summed E-state index contributed by atoms with van der Waals surface area (Å²) < 4.78 is 2.16. The smallest absolute Gasteiger partial charge is 0.0624 e. The fourth-order valence-electron chi connectivity index (χ4n) is 2.60.